The lowest BCUT2D eigenvalue weighted by molar-refractivity contribution is -0.132. The van der Waals surface area contributed by atoms with Crippen molar-refractivity contribution >= 4 is 51.6 Å². The highest BCUT2D eigenvalue weighted by molar-refractivity contribution is 7.16. The summed E-state index contributed by atoms with van der Waals surface area (Å²) in [5, 5.41) is 18.3. The van der Waals surface area contributed by atoms with Crippen LogP contribution in [0.4, 0.5) is 17.1 Å². The van der Waals surface area contributed by atoms with Crippen molar-refractivity contribution in [2.45, 2.75) is 64.2 Å². The number of nitrogens with zero attached hydrogens (tertiary/aromatic N) is 2. The fourth-order valence-corrected chi connectivity index (χ4v) is 6.35. The average Bonchev–Trinajstić information content (AvgIpc) is 3.57. The molecule has 0 atom stereocenters. The summed E-state index contributed by atoms with van der Waals surface area (Å²) < 4.78 is 0. The van der Waals surface area contributed by atoms with E-state index in [1.54, 1.807) is 6.07 Å². The standard InChI is InChI=1S/C42H42N2O2S/c1-5-7-9-11-13-31(3)33-15-21-37(22-16-33)44(38-23-17-34(18-24-38)32(4)14-12-10-8-6-2)39-25-19-35(20-26-39)41-28-27-40(47-41)29-36(30-43)42(45)46/h1-2,15-29H,3-14H2,(H,45,46)/b36-29+. The molecular formula is C42H42N2O2S. The fraction of sp³-hybridized carbons (Fsp3) is 0.238. The molecule has 0 aliphatic carbocycles. The van der Waals surface area contributed by atoms with Gasteiger partial charge >= 0.3 is 5.97 Å². The molecule has 1 N–H and O–H groups in total. The van der Waals surface area contributed by atoms with Crippen molar-refractivity contribution < 1.29 is 9.90 Å². The maximum absolute atomic E-state index is 11.3. The van der Waals surface area contributed by atoms with Crippen LogP contribution < -0.4 is 4.90 Å². The number of allylic oxidation sites excluding steroid dienone is 2. The molecule has 0 amide bonds. The number of hydrogen-bond donors (Lipinski definition) is 1. The molecule has 0 saturated heterocycles. The molecule has 0 unspecified atom stereocenters. The van der Waals surface area contributed by atoms with Gasteiger partial charge in [-0.15, -0.1) is 11.3 Å². The van der Waals surface area contributed by atoms with E-state index >= 15 is 0 Å². The maximum atomic E-state index is 11.3. The van der Waals surface area contributed by atoms with Gasteiger partial charge in [0.2, 0.25) is 0 Å². The number of hydrogen-bond acceptors (Lipinski definition) is 4. The molecule has 0 saturated carbocycles. The SMILES string of the molecule is [CH]CCCCCC(=C)c1ccc(N(c2ccc(C(=C)CCCCC[CH])cc2)c2ccc(-c3ccc(/C=C(\C#N)C(=O)O)s3)cc2)cc1. The molecule has 0 bridgehead atoms. The molecule has 0 aliphatic heterocycles. The van der Waals surface area contributed by atoms with E-state index in [9.17, 15) is 9.90 Å². The number of unbranched alkanes of at least 4 members (excludes halogenated alkanes) is 6. The van der Waals surface area contributed by atoms with Crippen molar-refractivity contribution in [1.29, 1.82) is 5.26 Å². The predicted octanol–water partition coefficient (Wildman–Crippen LogP) is 12.2. The second-order valence-corrected chi connectivity index (χ2v) is 12.7. The Morgan fingerprint density at radius 3 is 1.62 bits per heavy atom. The minimum Gasteiger partial charge on any atom is -0.477 e. The Labute approximate surface area is 285 Å². The second kappa shape index (κ2) is 17.9. The lowest BCUT2D eigenvalue weighted by Crippen LogP contribution is -2.10. The van der Waals surface area contributed by atoms with Crippen LogP contribution in [0.25, 0.3) is 27.7 Å². The molecule has 238 valence electrons. The number of nitriles is 1. The van der Waals surface area contributed by atoms with Crippen molar-refractivity contribution in [1.82, 2.24) is 0 Å². The fourth-order valence-electron chi connectivity index (χ4n) is 5.39. The van der Waals surface area contributed by atoms with E-state index in [0.29, 0.717) is 4.88 Å². The van der Waals surface area contributed by atoms with Crippen LogP contribution in [0.3, 0.4) is 0 Å². The van der Waals surface area contributed by atoms with E-state index in [2.05, 4.69) is 90.9 Å². The largest absolute Gasteiger partial charge is 0.477 e. The van der Waals surface area contributed by atoms with E-state index in [0.717, 1.165) is 114 Å². The Balaban J connectivity index is 1.61. The first-order valence-electron chi connectivity index (χ1n) is 16.2. The van der Waals surface area contributed by atoms with Crippen LogP contribution in [0.1, 0.15) is 80.2 Å². The van der Waals surface area contributed by atoms with Crippen LogP contribution in [-0.4, -0.2) is 11.1 Å². The summed E-state index contributed by atoms with van der Waals surface area (Å²) in [6.07, 6.45) is 11.2. The van der Waals surface area contributed by atoms with E-state index in [1.807, 2.05) is 12.1 Å². The van der Waals surface area contributed by atoms with Crippen LogP contribution in [0.15, 0.2) is 104 Å². The van der Waals surface area contributed by atoms with Crippen molar-refractivity contribution in [3.8, 4) is 16.5 Å². The number of rotatable bonds is 18. The molecule has 5 heteroatoms. The number of carboxylic acids is 1. The van der Waals surface area contributed by atoms with Gasteiger partial charge in [0.25, 0.3) is 0 Å². The molecule has 4 radical (unpaired) electrons. The van der Waals surface area contributed by atoms with Crippen molar-refractivity contribution in [3.63, 3.8) is 0 Å². The zero-order valence-electron chi connectivity index (χ0n) is 27.0. The third-order valence-electron chi connectivity index (χ3n) is 8.11. The van der Waals surface area contributed by atoms with Crippen LogP contribution in [-0.2, 0) is 4.79 Å². The number of carboxylic acid groups (broad SMARTS) is 1. The van der Waals surface area contributed by atoms with Gasteiger partial charge in [-0.3, -0.25) is 0 Å². The predicted molar refractivity (Wildman–Crippen MR) is 199 cm³/mol. The highest BCUT2D eigenvalue weighted by atomic mass is 32.1. The molecule has 4 aromatic rings. The number of anilines is 3. The molecule has 0 fully saturated rings. The summed E-state index contributed by atoms with van der Waals surface area (Å²) in [5.74, 6) is -1.23. The van der Waals surface area contributed by atoms with E-state index in [4.69, 9.17) is 19.1 Å². The van der Waals surface area contributed by atoms with Gasteiger partial charge in [-0.05, 0) is 135 Å². The monoisotopic (exact) mass is 638 g/mol. The summed E-state index contributed by atoms with van der Waals surface area (Å²) >= 11 is 1.45. The Morgan fingerprint density at radius 1 is 0.723 bits per heavy atom. The third-order valence-corrected chi connectivity index (χ3v) is 9.19. The van der Waals surface area contributed by atoms with Crippen molar-refractivity contribution in [2.24, 2.45) is 0 Å². The van der Waals surface area contributed by atoms with E-state index in [1.165, 1.54) is 17.4 Å². The maximum Gasteiger partial charge on any atom is 0.346 e. The van der Waals surface area contributed by atoms with Crippen LogP contribution in [0.2, 0.25) is 0 Å². The Kier molecular flexibility index (Phi) is 13.4. The van der Waals surface area contributed by atoms with Gasteiger partial charge in [-0.2, -0.15) is 5.26 Å². The molecule has 3 aromatic carbocycles. The molecule has 4 rings (SSSR count). The molecular weight excluding hydrogens is 597 g/mol. The lowest BCUT2D eigenvalue weighted by atomic mass is 9.99. The highest BCUT2D eigenvalue weighted by Crippen LogP contribution is 2.38. The first-order chi connectivity index (χ1) is 22.8. The second-order valence-electron chi connectivity index (χ2n) is 11.6. The van der Waals surface area contributed by atoms with Gasteiger partial charge in [0.05, 0.1) is 0 Å². The zero-order chi connectivity index (χ0) is 33.6. The van der Waals surface area contributed by atoms with E-state index < -0.39 is 5.97 Å². The lowest BCUT2D eigenvalue weighted by Gasteiger charge is -2.26. The number of thiophene rings is 1. The van der Waals surface area contributed by atoms with Gasteiger partial charge in [-0.25, -0.2) is 4.79 Å². The van der Waals surface area contributed by atoms with Crippen LogP contribution >= 0.6 is 11.3 Å². The number of benzene rings is 3. The molecule has 1 aromatic heterocycles. The quantitative estimate of drug-likeness (QED) is 0.0669. The number of aliphatic carboxylic acids is 1. The molecule has 0 spiro atoms. The molecule has 1 heterocycles. The summed E-state index contributed by atoms with van der Waals surface area (Å²) in [6, 6.07) is 31.0. The Morgan fingerprint density at radius 2 is 1.19 bits per heavy atom. The third kappa shape index (κ3) is 9.91. The number of carbonyl (C=O) groups is 1. The van der Waals surface area contributed by atoms with Crippen molar-refractivity contribution in [3.05, 3.63) is 134 Å². The van der Waals surface area contributed by atoms with Gasteiger partial charge < -0.3 is 10.0 Å². The Bertz CT molecular complexity index is 1640. The summed E-state index contributed by atoms with van der Waals surface area (Å²) in [7, 11) is 0. The smallest absolute Gasteiger partial charge is 0.346 e. The first-order valence-corrected chi connectivity index (χ1v) is 17.0. The van der Waals surface area contributed by atoms with Gasteiger partial charge in [0.15, 0.2) is 0 Å². The molecule has 47 heavy (non-hydrogen) atoms. The average molecular weight is 639 g/mol. The topological polar surface area (TPSA) is 64.3 Å². The normalized spacial score (nSPS) is 11.2. The minimum atomic E-state index is -1.23. The molecule has 0 aliphatic rings. The summed E-state index contributed by atoms with van der Waals surface area (Å²) in [4.78, 5) is 15.2. The van der Waals surface area contributed by atoms with Gasteiger partial charge in [0.1, 0.15) is 11.6 Å². The van der Waals surface area contributed by atoms with E-state index in [-0.39, 0.29) is 5.57 Å². The van der Waals surface area contributed by atoms with Crippen molar-refractivity contribution in [2.75, 3.05) is 4.90 Å². The van der Waals surface area contributed by atoms with Gasteiger partial charge in [-0.1, -0.05) is 75.2 Å². The van der Waals surface area contributed by atoms with Crippen LogP contribution in [0, 0.1) is 25.2 Å². The minimum absolute atomic E-state index is 0.285. The Hall–Kier alpha value is -4.66. The zero-order valence-corrected chi connectivity index (χ0v) is 27.8. The molecule has 4 nitrogen and oxygen atoms in total. The van der Waals surface area contributed by atoms with Gasteiger partial charge in [0, 0.05) is 26.8 Å². The highest BCUT2D eigenvalue weighted by Gasteiger charge is 2.15. The summed E-state index contributed by atoms with van der Waals surface area (Å²) in [6.45, 7) is 20.0. The van der Waals surface area contributed by atoms with Crippen LogP contribution in [0.5, 0.6) is 0 Å². The first kappa shape index (κ1) is 35.2. The summed E-state index contributed by atoms with van der Waals surface area (Å²) in [5.41, 5.74) is 8.35.